The Morgan fingerprint density at radius 2 is 2.18 bits per heavy atom. The Morgan fingerprint density at radius 1 is 1.53 bits per heavy atom. The lowest BCUT2D eigenvalue weighted by Crippen LogP contribution is -2.29. The second-order valence-electron chi connectivity index (χ2n) is 4.87. The van der Waals surface area contributed by atoms with Crippen LogP contribution in [0.5, 0.6) is 0 Å². The number of aliphatic hydroxyl groups is 1. The minimum absolute atomic E-state index is 0.00409. The van der Waals surface area contributed by atoms with Crippen molar-refractivity contribution in [2.24, 2.45) is 5.73 Å². The van der Waals surface area contributed by atoms with Crippen LogP contribution >= 0.6 is 11.3 Å². The van der Waals surface area contributed by atoms with Gasteiger partial charge in [-0.3, -0.25) is 0 Å². The summed E-state index contributed by atoms with van der Waals surface area (Å²) in [7, 11) is 2.16. The third-order valence-corrected chi connectivity index (χ3v) is 4.90. The predicted molar refractivity (Wildman–Crippen MR) is 70.3 cm³/mol. The molecule has 0 bridgehead atoms. The zero-order valence-electron chi connectivity index (χ0n) is 10.5. The predicted octanol–water partition coefficient (Wildman–Crippen LogP) is 1.25. The molecule has 1 atom stereocenters. The van der Waals surface area contributed by atoms with E-state index in [1.54, 1.807) is 11.3 Å². The normalized spacial score (nSPS) is 20.7. The van der Waals surface area contributed by atoms with E-state index in [1.807, 2.05) is 6.92 Å². The molecule has 0 aliphatic carbocycles. The molecule has 17 heavy (non-hydrogen) atoms. The van der Waals surface area contributed by atoms with Crippen molar-refractivity contribution in [1.29, 1.82) is 0 Å². The van der Waals surface area contributed by atoms with Gasteiger partial charge in [0, 0.05) is 10.8 Å². The number of hydrogen-bond donors (Lipinski definition) is 2. The van der Waals surface area contributed by atoms with Gasteiger partial charge in [-0.2, -0.15) is 0 Å². The molecule has 0 aromatic carbocycles. The number of rotatable bonds is 3. The first-order valence-corrected chi connectivity index (χ1v) is 6.95. The summed E-state index contributed by atoms with van der Waals surface area (Å²) in [5, 5.41) is 10.3. The summed E-state index contributed by atoms with van der Waals surface area (Å²) in [6, 6.07) is -0.271. The molecule has 0 spiro atoms. The van der Waals surface area contributed by atoms with Gasteiger partial charge in [0.2, 0.25) is 0 Å². The standard InChI is InChI=1S/C12H21N3OS/c1-8-11(10(13)7-16)17-12(14-8)9-3-5-15(2)6-4-9/h9-10,16H,3-7,13H2,1-2H3. The van der Waals surface area contributed by atoms with Crippen molar-refractivity contribution < 1.29 is 5.11 Å². The van der Waals surface area contributed by atoms with E-state index in [-0.39, 0.29) is 12.6 Å². The molecule has 1 saturated heterocycles. The first-order valence-electron chi connectivity index (χ1n) is 6.14. The van der Waals surface area contributed by atoms with Crippen molar-refractivity contribution in [2.75, 3.05) is 26.7 Å². The van der Waals surface area contributed by atoms with Gasteiger partial charge < -0.3 is 15.7 Å². The second-order valence-corrected chi connectivity index (χ2v) is 5.93. The van der Waals surface area contributed by atoms with Crippen molar-refractivity contribution in [3.8, 4) is 0 Å². The summed E-state index contributed by atoms with van der Waals surface area (Å²) < 4.78 is 0. The second kappa shape index (κ2) is 5.44. The molecule has 3 N–H and O–H groups in total. The van der Waals surface area contributed by atoms with Gasteiger partial charge in [0.05, 0.1) is 23.4 Å². The minimum Gasteiger partial charge on any atom is -0.394 e. The average Bonchev–Trinajstić information content (AvgIpc) is 2.71. The van der Waals surface area contributed by atoms with Crippen LogP contribution in [0.1, 0.15) is 40.4 Å². The van der Waals surface area contributed by atoms with E-state index in [1.165, 1.54) is 17.8 Å². The number of piperidine rings is 1. The van der Waals surface area contributed by atoms with Gasteiger partial charge in [-0.25, -0.2) is 4.98 Å². The molecule has 1 fully saturated rings. The lowest BCUT2D eigenvalue weighted by Gasteiger charge is -2.27. The Balaban J connectivity index is 2.11. The van der Waals surface area contributed by atoms with Crippen LogP contribution in [-0.2, 0) is 0 Å². The highest BCUT2D eigenvalue weighted by molar-refractivity contribution is 7.11. The number of aromatic nitrogens is 1. The molecule has 4 nitrogen and oxygen atoms in total. The molecule has 0 amide bonds. The van der Waals surface area contributed by atoms with Crippen LogP contribution in [-0.4, -0.2) is 41.7 Å². The number of likely N-dealkylation sites (tertiary alicyclic amines) is 1. The van der Waals surface area contributed by atoms with Crippen molar-refractivity contribution in [1.82, 2.24) is 9.88 Å². The Bertz CT molecular complexity index is 372. The van der Waals surface area contributed by atoms with E-state index in [0.717, 1.165) is 23.7 Å². The number of aryl methyl sites for hydroxylation is 1. The highest BCUT2D eigenvalue weighted by Crippen LogP contribution is 2.33. The number of hydrogen-bond acceptors (Lipinski definition) is 5. The molecule has 2 heterocycles. The zero-order valence-corrected chi connectivity index (χ0v) is 11.3. The molecule has 1 aromatic rings. The van der Waals surface area contributed by atoms with E-state index >= 15 is 0 Å². The fraction of sp³-hybridized carbons (Fsp3) is 0.750. The Kier molecular flexibility index (Phi) is 4.14. The van der Waals surface area contributed by atoms with Crippen LogP contribution < -0.4 is 5.73 Å². The van der Waals surface area contributed by atoms with Crippen LogP contribution in [0.2, 0.25) is 0 Å². The maximum atomic E-state index is 9.11. The molecule has 1 aliphatic heterocycles. The summed E-state index contributed by atoms with van der Waals surface area (Å²) in [6.07, 6.45) is 2.36. The van der Waals surface area contributed by atoms with E-state index in [0.29, 0.717) is 5.92 Å². The van der Waals surface area contributed by atoms with Crippen LogP contribution in [0, 0.1) is 6.92 Å². The summed E-state index contributed by atoms with van der Waals surface area (Å²) in [6.45, 7) is 4.27. The molecular weight excluding hydrogens is 234 g/mol. The summed E-state index contributed by atoms with van der Waals surface area (Å²) in [5.74, 6) is 0.578. The number of thiazole rings is 1. The van der Waals surface area contributed by atoms with Gasteiger partial charge in [-0.15, -0.1) is 11.3 Å². The molecule has 1 unspecified atom stereocenters. The highest BCUT2D eigenvalue weighted by Gasteiger charge is 2.23. The third kappa shape index (κ3) is 2.85. The van der Waals surface area contributed by atoms with Gasteiger partial charge in [0.25, 0.3) is 0 Å². The first-order chi connectivity index (χ1) is 8.11. The zero-order chi connectivity index (χ0) is 12.4. The van der Waals surface area contributed by atoms with Gasteiger partial charge in [0.1, 0.15) is 0 Å². The Morgan fingerprint density at radius 3 is 2.76 bits per heavy atom. The van der Waals surface area contributed by atoms with Crippen molar-refractivity contribution >= 4 is 11.3 Å². The van der Waals surface area contributed by atoms with E-state index < -0.39 is 0 Å². The van der Waals surface area contributed by atoms with Crippen LogP contribution in [0.3, 0.4) is 0 Å². The molecule has 2 rings (SSSR count). The van der Waals surface area contributed by atoms with Crippen LogP contribution in [0.4, 0.5) is 0 Å². The van der Waals surface area contributed by atoms with Gasteiger partial charge in [-0.1, -0.05) is 0 Å². The fourth-order valence-corrected chi connectivity index (χ4v) is 3.52. The largest absolute Gasteiger partial charge is 0.394 e. The number of nitrogens with two attached hydrogens (primary N) is 1. The molecule has 0 saturated carbocycles. The first kappa shape index (κ1) is 13.0. The minimum atomic E-state index is -0.271. The monoisotopic (exact) mass is 255 g/mol. The number of nitrogens with zero attached hydrogens (tertiary/aromatic N) is 2. The van der Waals surface area contributed by atoms with E-state index in [9.17, 15) is 0 Å². The molecule has 1 aromatic heterocycles. The van der Waals surface area contributed by atoms with E-state index in [4.69, 9.17) is 10.8 Å². The van der Waals surface area contributed by atoms with E-state index in [2.05, 4.69) is 16.9 Å². The van der Waals surface area contributed by atoms with Gasteiger partial charge >= 0.3 is 0 Å². The SMILES string of the molecule is Cc1nc(C2CCN(C)CC2)sc1C(N)CO. The Labute approximate surface area is 106 Å². The molecule has 0 radical (unpaired) electrons. The lowest BCUT2D eigenvalue weighted by atomic mass is 9.98. The maximum absolute atomic E-state index is 9.11. The lowest BCUT2D eigenvalue weighted by molar-refractivity contribution is 0.255. The van der Waals surface area contributed by atoms with Gasteiger partial charge in [-0.05, 0) is 39.9 Å². The quantitative estimate of drug-likeness (QED) is 0.853. The third-order valence-electron chi connectivity index (χ3n) is 3.45. The van der Waals surface area contributed by atoms with Crippen molar-refractivity contribution in [3.63, 3.8) is 0 Å². The van der Waals surface area contributed by atoms with Gasteiger partial charge in [0.15, 0.2) is 0 Å². The average molecular weight is 255 g/mol. The molecule has 96 valence electrons. The summed E-state index contributed by atoms with van der Waals surface area (Å²) in [5.41, 5.74) is 6.86. The summed E-state index contributed by atoms with van der Waals surface area (Å²) in [4.78, 5) is 8.04. The van der Waals surface area contributed by atoms with Crippen molar-refractivity contribution in [2.45, 2.75) is 31.7 Å². The number of aliphatic hydroxyl groups excluding tert-OH is 1. The summed E-state index contributed by atoms with van der Waals surface area (Å²) >= 11 is 1.69. The fourth-order valence-electron chi connectivity index (χ4n) is 2.29. The highest BCUT2D eigenvalue weighted by atomic mass is 32.1. The topological polar surface area (TPSA) is 62.4 Å². The molecular formula is C12H21N3OS. The van der Waals surface area contributed by atoms with Crippen LogP contribution in [0.15, 0.2) is 0 Å². The van der Waals surface area contributed by atoms with Crippen LogP contribution in [0.25, 0.3) is 0 Å². The molecule has 5 heteroatoms. The Hall–Kier alpha value is -0.490. The molecule has 1 aliphatic rings. The smallest absolute Gasteiger partial charge is 0.0963 e. The maximum Gasteiger partial charge on any atom is 0.0963 e. The van der Waals surface area contributed by atoms with Crippen molar-refractivity contribution in [3.05, 3.63) is 15.6 Å².